The highest BCUT2D eigenvalue weighted by Gasteiger charge is 2.50. The third-order valence-electron chi connectivity index (χ3n) is 5.43. The Morgan fingerprint density at radius 2 is 2.33 bits per heavy atom. The lowest BCUT2D eigenvalue weighted by Gasteiger charge is -2.28. The van der Waals surface area contributed by atoms with Crippen molar-refractivity contribution in [2.24, 2.45) is 11.3 Å². The number of ether oxygens (including phenoxy) is 1. The van der Waals surface area contributed by atoms with Crippen LogP contribution in [0.25, 0.3) is 0 Å². The van der Waals surface area contributed by atoms with Crippen molar-refractivity contribution in [1.29, 1.82) is 0 Å². The van der Waals surface area contributed by atoms with Crippen LogP contribution in [0, 0.1) is 25.2 Å². The van der Waals surface area contributed by atoms with Crippen molar-refractivity contribution in [3.63, 3.8) is 0 Å². The van der Waals surface area contributed by atoms with Crippen molar-refractivity contribution in [2.45, 2.75) is 39.7 Å². The zero-order valence-electron chi connectivity index (χ0n) is 14.4. The summed E-state index contributed by atoms with van der Waals surface area (Å²) >= 11 is 0. The fraction of sp³-hybridized carbons (Fsp3) is 0.611. The van der Waals surface area contributed by atoms with Crippen LogP contribution in [0.3, 0.4) is 0 Å². The highest BCUT2D eigenvalue weighted by atomic mass is 16.5. The number of rotatable bonds is 5. The molecule has 0 N–H and O–H groups in total. The summed E-state index contributed by atoms with van der Waals surface area (Å²) in [5.41, 5.74) is 2.19. The molecule has 1 aliphatic heterocycles. The van der Waals surface area contributed by atoms with Gasteiger partial charge < -0.3 is 9.26 Å². The number of likely N-dealkylation sites (tertiary alicyclic amines) is 1. The van der Waals surface area contributed by atoms with E-state index in [1.807, 2.05) is 26.0 Å². The van der Waals surface area contributed by atoms with Crippen molar-refractivity contribution < 1.29 is 9.26 Å². The van der Waals surface area contributed by atoms with Gasteiger partial charge in [-0.2, -0.15) is 0 Å². The fourth-order valence-electron chi connectivity index (χ4n) is 4.31. The van der Waals surface area contributed by atoms with Gasteiger partial charge in [0.2, 0.25) is 0 Å². The summed E-state index contributed by atoms with van der Waals surface area (Å²) in [6.45, 7) is 7.63. The lowest BCUT2D eigenvalue weighted by molar-refractivity contribution is 0.119. The summed E-state index contributed by atoms with van der Waals surface area (Å²) in [5.74, 6) is 1.56. The zero-order valence-corrected chi connectivity index (χ0v) is 14.4. The first-order valence-corrected chi connectivity index (χ1v) is 8.70. The molecule has 0 amide bonds. The van der Waals surface area contributed by atoms with Gasteiger partial charge in [0, 0.05) is 43.0 Å². The Hall–Kier alpha value is -1.95. The first-order valence-electron chi connectivity index (χ1n) is 8.70. The van der Waals surface area contributed by atoms with Crippen molar-refractivity contribution in [3.05, 3.63) is 35.5 Å². The summed E-state index contributed by atoms with van der Waals surface area (Å²) in [7, 11) is 0. The van der Waals surface area contributed by atoms with E-state index in [-0.39, 0.29) is 5.41 Å². The van der Waals surface area contributed by atoms with Gasteiger partial charge in [0.1, 0.15) is 5.76 Å². The topological polar surface area (TPSA) is 64.3 Å². The van der Waals surface area contributed by atoms with Crippen LogP contribution in [0.15, 0.2) is 22.9 Å². The SMILES string of the molecule is Cc1ccnc(OCC23CCCC2CN(Cc2cc(C)on2)C3)n1. The van der Waals surface area contributed by atoms with Gasteiger partial charge in [-0.25, -0.2) is 9.97 Å². The average molecular weight is 328 g/mol. The van der Waals surface area contributed by atoms with Crippen LogP contribution >= 0.6 is 0 Å². The Morgan fingerprint density at radius 1 is 1.42 bits per heavy atom. The van der Waals surface area contributed by atoms with Crippen LogP contribution in [-0.4, -0.2) is 39.7 Å². The largest absolute Gasteiger partial charge is 0.463 e. The van der Waals surface area contributed by atoms with E-state index in [1.165, 1.54) is 19.3 Å². The van der Waals surface area contributed by atoms with Gasteiger partial charge in [0.15, 0.2) is 0 Å². The minimum atomic E-state index is 0.228. The molecule has 2 fully saturated rings. The number of fused-ring (bicyclic) bond motifs is 1. The molecule has 2 aliphatic rings. The highest BCUT2D eigenvalue weighted by Crippen LogP contribution is 2.49. The molecule has 24 heavy (non-hydrogen) atoms. The summed E-state index contributed by atoms with van der Waals surface area (Å²) in [5, 5.41) is 4.13. The molecule has 6 heteroatoms. The van der Waals surface area contributed by atoms with Gasteiger partial charge >= 0.3 is 6.01 Å². The fourth-order valence-corrected chi connectivity index (χ4v) is 4.31. The van der Waals surface area contributed by atoms with Crippen LogP contribution in [0.2, 0.25) is 0 Å². The smallest absolute Gasteiger partial charge is 0.316 e. The van der Waals surface area contributed by atoms with Crippen molar-refractivity contribution in [1.82, 2.24) is 20.0 Å². The molecule has 2 atom stereocenters. The summed E-state index contributed by atoms with van der Waals surface area (Å²) in [6.07, 6.45) is 5.55. The number of hydrogen-bond donors (Lipinski definition) is 0. The first-order chi connectivity index (χ1) is 11.6. The van der Waals surface area contributed by atoms with Crippen molar-refractivity contribution in [2.75, 3.05) is 19.7 Å². The second-order valence-electron chi connectivity index (χ2n) is 7.32. The molecule has 0 aromatic carbocycles. The number of aromatic nitrogens is 3. The van der Waals surface area contributed by atoms with Gasteiger partial charge in [0.05, 0.1) is 12.3 Å². The quantitative estimate of drug-likeness (QED) is 0.841. The van der Waals surface area contributed by atoms with Gasteiger partial charge in [-0.1, -0.05) is 11.6 Å². The van der Waals surface area contributed by atoms with E-state index < -0.39 is 0 Å². The third-order valence-corrected chi connectivity index (χ3v) is 5.43. The van der Waals surface area contributed by atoms with Gasteiger partial charge in [-0.05, 0) is 38.7 Å². The van der Waals surface area contributed by atoms with Gasteiger partial charge in [-0.3, -0.25) is 4.90 Å². The normalized spacial score (nSPS) is 26.7. The van der Waals surface area contributed by atoms with E-state index in [2.05, 4.69) is 20.0 Å². The standard InChI is InChI=1S/C18H24N4O2/c1-13-5-7-19-17(20-13)23-12-18-6-3-4-15(18)9-22(11-18)10-16-8-14(2)24-21-16/h5,7-8,15H,3-4,6,9-12H2,1-2H3. The molecule has 6 nitrogen and oxygen atoms in total. The van der Waals surface area contributed by atoms with Crippen molar-refractivity contribution in [3.8, 4) is 6.01 Å². The maximum Gasteiger partial charge on any atom is 0.316 e. The van der Waals surface area contributed by atoms with Crippen LogP contribution in [-0.2, 0) is 6.54 Å². The average Bonchev–Trinajstić information content (AvgIpc) is 3.20. The lowest BCUT2D eigenvalue weighted by atomic mass is 9.82. The Kier molecular flexibility index (Phi) is 4.00. The second kappa shape index (κ2) is 6.16. The van der Waals surface area contributed by atoms with E-state index in [9.17, 15) is 0 Å². The summed E-state index contributed by atoms with van der Waals surface area (Å²) in [4.78, 5) is 11.1. The molecule has 2 aromatic heterocycles. The number of hydrogen-bond acceptors (Lipinski definition) is 6. The molecule has 1 saturated carbocycles. The molecule has 0 spiro atoms. The number of aryl methyl sites for hydroxylation is 2. The van der Waals surface area contributed by atoms with E-state index in [4.69, 9.17) is 9.26 Å². The molecule has 1 aliphatic carbocycles. The molecular weight excluding hydrogens is 304 g/mol. The minimum absolute atomic E-state index is 0.228. The van der Waals surface area contributed by atoms with Crippen molar-refractivity contribution >= 4 is 0 Å². The van der Waals surface area contributed by atoms with E-state index in [0.717, 1.165) is 36.8 Å². The van der Waals surface area contributed by atoms with Crippen LogP contribution in [0.5, 0.6) is 6.01 Å². The van der Waals surface area contributed by atoms with Crippen LogP contribution in [0.4, 0.5) is 0 Å². The molecule has 1 saturated heterocycles. The minimum Gasteiger partial charge on any atom is -0.463 e. The van der Waals surface area contributed by atoms with E-state index in [1.54, 1.807) is 6.20 Å². The van der Waals surface area contributed by atoms with E-state index >= 15 is 0 Å². The predicted octanol–water partition coefficient (Wildman–Crippen LogP) is 2.76. The molecular formula is C18H24N4O2. The summed E-state index contributed by atoms with van der Waals surface area (Å²) in [6, 6.07) is 4.42. The maximum atomic E-state index is 6.00. The molecule has 0 radical (unpaired) electrons. The Balaban J connectivity index is 1.42. The Morgan fingerprint density at radius 3 is 3.12 bits per heavy atom. The van der Waals surface area contributed by atoms with Crippen LogP contribution in [0.1, 0.15) is 36.4 Å². The molecule has 0 bridgehead atoms. The first kappa shape index (κ1) is 15.6. The monoisotopic (exact) mass is 328 g/mol. The Labute approximate surface area is 142 Å². The molecule has 3 heterocycles. The van der Waals surface area contributed by atoms with Crippen LogP contribution < -0.4 is 4.74 Å². The highest BCUT2D eigenvalue weighted by molar-refractivity contribution is 5.08. The summed E-state index contributed by atoms with van der Waals surface area (Å²) < 4.78 is 11.2. The maximum absolute atomic E-state index is 6.00. The lowest BCUT2D eigenvalue weighted by Crippen LogP contribution is -2.34. The predicted molar refractivity (Wildman–Crippen MR) is 88.6 cm³/mol. The molecule has 2 aromatic rings. The molecule has 4 rings (SSSR count). The third kappa shape index (κ3) is 3.02. The molecule has 2 unspecified atom stereocenters. The van der Waals surface area contributed by atoms with E-state index in [0.29, 0.717) is 18.5 Å². The number of nitrogens with zero attached hydrogens (tertiary/aromatic N) is 4. The zero-order chi connectivity index (χ0) is 16.6. The Bertz CT molecular complexity index is 717. The van der Waals surface area contributed by atoms with Gasteiger partial charge in [0.25, 0.3) is 0 Å². The molecule has 128 valence electrons. The second-order valence-corrected chi connectivity index (χ2v) is 7.32. The van der Waals surface area contributed by atoms with Gasteiger partial charge in [-0.15, -0.1) is 0 Å².